The Kier molecular flexibility index (Phi) is 4.25. The van der Waals surface area contributed by atoms with E-state index in [0.717, 1.165) is 0 Å². The largest absolute Gasteiger partial charge is 0.366 e. The molecule has 8 heteroatoms. The van der Waals surface area contributed by atoms with Gasteiger partial charge in [-0.05, 0) is 36.4 Å². The number of benzene rings is 2. The maximum atomic E-state index is 12.1. The quantitative estimate of drug-likeness (QED) is 0.731. The van der Waals surface area contributed by atoms with Crippen LogP contribution in [0.5, 0.6) is 0 Å². The summed E-state index contributed by atoms with van der Waals surface area (Å²) in [5.74, 6) is -1.21. The number of carbonyl (C=O) groups is 2. The third-order valence-electron chi connectivity index (χ3n) is 2.84. The van der Waals surface area contributed by atoms with Gasteiger partial charge in [0.1, 0.15) is 4.90 Å². The van der Waals surface area contributed by atoms with Gasteiger partial charge in [-0.3, -0.25) is 14.1 Å². The van der Waals surface area contributed by atoms with E-state index in [1.807, 2.05) is 0 Å². The molecule has 0 fully saturated rings. The minimum absolute atomic E-state index is 0.0472. The Balaban J connectivity index is 2.28. The lowest BCUT2D eigenvalue weighted by Gasteiger charge is -2.09. The first kappa shape index (κ1) is 15.7. The third-order valence-corrected chi connectivity index (χ3v) is 3.76. The molecule has 0 unspecified atom stereocenters. The molecule has 0 bridgehead atoms. The maximum absolute atomic E-state index is 12.1. The molecule has 0 saturated heterocycles. The van der Waals surface area contributed by atoms with Crippen LogP contribution in [0.1, 0.15) is 20.7 Å². The van der Waals surface area contributed by atoms with Gasteiger partial charge in [0.15, 0.2) is 0 Å². The monoisotopic (exact) mass is 320 g/mol. The molecule has 0 atom stereocenters. The molecule has 0 aromatic heterocycles. The number of hydrogen-bond donors (Lipinski definition) is 3. The van der Waals surface area contributed by atoms with Crippen LogP contribution in [0.25, 0.3) is 0 Å². The second-order valence-corrected chi connectivity index (χ2v) is 5.76. The predicted molar refractivity (Wildman–Crippen MR) is 79.2 cm³/mol. The maximum Gasteiger partial charge on any atom is 0.296 e. The SMILES string of the molecule is NC(=O)c1ccc(C(=O)Nc2ccccc2S(=O)(=O)O)cc1. The van der Waals surface area contributed by atoms with Gasteiger partial charge in [-0.25, -0.2) is 0 Å². The molecule has 2 rings (SSSR count). The Bertz CT molecular complexity index is 829. The number of nitrogens with one attached hydrogen (secondary N) is 1. The van der Waals surface area contributed by atoms with Crippen LogP contribution in [-0.4, -0.2) is 24.8 Å². The first-order valence-electron chi connectivity index (χ1n) is 6.07. The zero-order valence-electron chi connectivity index (χ0n) is 11.2. The smallest absolute Gasteiger partial charge is 0.296 e. The number of primary amides is 1. The van der Waals surface area contributed by atoms with Gasteiger partial charge in [-0.15, -0.1) is 0 Å². The molecule has 4 N–H and O–H groups in total. The van der Waals surface area contributed by atoms with Crippen LogP contribution in [0.2, 0.25) is 0 Å². The van der Waals surface area contributed by atoms with E-state index in [1.165, 1.54) is 48.5 Å². The Labute approximate surface area is 126 Å². The number of nitrogens with two attached hydrogens (primary N) is 1. The van der Waals surface area contributed by atoms with Gasteiger partial charge < -0.3 is 11.1 Å². The summed E-state index contributed by atoms with van der Waals surface area (Å²) in [6.45, 7) is 0. The average Bonchev–Trinajstić information content (AvgIpc) is 2.46. The van der Waals surface area contributed by atoms with Crippen molar-refractivity contribution in [2.75, 3.05) is 5.32 Å². The Hall–Kier alpha value is -2.71. The molecule has 7 nitrogen and oxygen atoms in total. The molecular weight excluding hydrogens is 308 g/mol. The highest BCUT2D eigenvalue weighted by atomic mass is 32.2. The molecular formula is C14H12N2O5S. The fourth-order valence-electron chi connectivity index (χ4n) is 1.78. The molecule has 0 aliphatic rings. The molecule has 0 saturated carbocycles. The summed E-state index contributed by atoms with van der Waals surface area (Å²) in [5, 5.41) is 2.39. The molecule has 2 aromatic carbocycles. The zero-order chi connectivity index (χ0) is 16.3. The van der Waals surface area contributed by atoms with Crippen LogP contribution < -0.4 is 11.1 Å². The van der Waals surface area contributed by atoms with Crippen molar-refractivity contribution in [3.05, 3.63) is 59.7 Å². The first-order valence-corrected chi connectivity index (χ1v) is 7.51. The summed E-state index contributed by atoms with van der Waals surface area (Å²) in [6.07, 6.45) is 0. The summed E-state index contributed by atoms with van der Waals surface area (Å²) in [5.41, 5.74) is 5.50. The van der Waals surface area contributed by atoms with Crippen molar-refractivity contribution in [1.29, 1.82) is 0 Å². The molecule has 0 radical (unpaired) electrons. The number of amides is 2. The Morgan fingerprint density at radius 1 is 0.955 bits per heavy atom. The lowest BCUT2D eigenvalue weighted by Crippen LogP contribution is -2.15. The van der Waals surface area contributed by atoms with Gasteiger partial charge in [0.25, 0.3) is 16.0 Å². The van der Waals surface area contributed by atoms with Crippen LogP contribution in [0.15, 0.2) is 53.4 Å². The predicted octanol–water partition coefficient (Wildman–Crippen LogP) is 1.28. The van der Waals surface area contributed by atoms with E-state index in [9.17, 15) is 18.0 Å². The lowest BCUT2D eigenvalue weighted by molar-refractivity contribution is 0.0995. The summed E-state index contributed by atoms with van der Waals surface area (Å²) in [4.78, 5) is 22.6. The molecule has 2 aromatic rings. The van der Waals surface area contributed by atoms with Crippen molar-refractivity contribution in [2.24, 2.45) is 5.73 Å². The summed E-state index contributed by atoms with van der Waals surface area (Å²) < 4.78 is 31.6. The van der Waals surface area contributed by atoms with Crippen LogP contribution >= 0.6 is 0 Å². The normalized spacial score (nSPS) is 11.0. The molecule has 0 aliphatic heterocycles. The van der Waals surface area contributed by atoms with Crippen molar-refractivity contribution >= 4 is 27.6 Å². The van der Waals surface area contributed by atoms with Crippen LogP contribution in [-0.2, 0) is 10.1 Å². The van der Waals surface area contributed by atoms with Crippen LogP contribution in [0, 0.1) is 0 Å². The number of rotatable bonds is 4. The molecule has 0 heterocycles. The number of anilines is 1. The van der Waals surface area contributed by atoms with Crippen molar-refractivity contribution < 1.29 is 22.6 Å². The van der Waals surface area contributed by atoms with Gasteiger partial charge in [0.05, 0.1) is 5.69 Å². The molecule has 114 valence electrons. The molecule has 0 aliphatic carbocycles. The van der Waals surface area contributed by atoms with E-state index in [4.69, 9.17) is 10.3 Å². The minimum atomic E-state index is -4.46. The summed E-state index contributed by atoms with van der Waals surface area (Å²) in [6, 6.07) is 11.0. The summed E-state index contributed by atoms with van der Waals surface area (Å²) in [7, 11) is -4.46. The summed E-state index contributed by atoms with van der Waals surface area (Å²) >= 11 is 0. The van der Waals surface area contributed by atoms with E-state index in [0.29, 0.717) is 0 Å². The Morgan fingerprint density at radius 2 is 1.50 bits per heavy atom. The van der Waals surface area contributed by atoms with Crippen LogP contribution in [0.4, 0.5) is 5.69 Å². The Morgan fingerprint density at radius 3 is 2.05 bits per heavy atom. The molecule has 0 spiro atoms. The second-order valence-electron chi connectivity index (χ2n) is 4.37. The average molecular weight is 320 g/mol. The van der Waals surface area contributed by atoms with Gasteiger partial charge in [0.2, 0.25) is 5.91 Å². The van der Waals surface area contributed by atoms with Gasteiger partial charge >= 0.3 is 0 Å². The number of hydrogen-bond acceptors (Lipinski definition) is 4. The zero-order valence-corrected chi connectivity index (χ0v) is 12.0. The van der Waals surface area contributed by atoms with Crippen molar-refractivity contribution in [3.8, 4) is 0 Å². The molecule has 2 amide bonds. The highest BCUT2D eigenvalue weighted by Gasteiger charge is 2.17. The van der Waals surface area contributed by atoms with E-state index in [-0.39, 0.29) is 16.8 Å². The third kappa shape index (κ3) is 3.48. The van der Waals surface area contributed by atoms with Gasteiger partial charge in [0, 0.05) is 11.1 Å². The second kappa shape index (κ2) is 5.96. The van der Waals surface area contributed by atoms with Gasteiger partial charge in [-0.2, -0.15) is 8.42 Å². The van der Waals surface area contributed by atoms with E-state index < -0.39 is 26.8 Å². The fraction of sp³-hybridized carbons (Fsp3) is 0. The van der Waals surface area contributed by atoms with Crippen molar-refractivity contribution in [1.82, 2.24) is 0 Å². The standard InChI is InChI=1S/C14H12N2O5S/c15-13(17)9-5-7-10(8-6-9)14(18)16-11-3-1-2-4-12(11)22(19,20)21/h1-8H,(H2,15,17)(H,16,18)(H,19,20,21). The van der Waals surface area contributed by atoms with E-state index >= 15 is 0 Å². The van der Waals surface area contributed by atoms with Crippen LogP contribution in [0.3, 0.4) is 0 Å². The number of carbonyl (C=O) groups excluding carboxylic acids is 2. The minimum Gasteiger partial charge on any atom is -0.366 e. The van der Waals surface area contributed by atoms with Gasteiger partial charge in [-0.1, -0.05) is 12.1 Å². The fourth-order valence-corrected chi connectivity index (χ4v) is 2.42. The topological polar surface area (TPSA) is 127 Å². The lowest BCUT2D eigenvalue weighted by atomic mass is 10.1. The highest BCUT2D eigenvalue weighted by molar-refractivity contribution is 7.86. The number of para-hydroxylation sites is 1. The highest BCUT2D eigenvalue weighted by Crippen LogP contribution is 2.21. The van der Waals surface area contributed by atoms with Crippen molar-refractivity contribution in [3.63, 3.8) is 0 Å². The van der Waals surface area contributed by atoms with Crippen molar-refractivity contribution in [2.45, 2.75) is 4.90 Å². The van der Waals surface area contributed by atoms with E-state index in [1.54, 1.807) is 0 Å². The first-order chi connectivity index (χ1) is 10.3. The van der Waals surface area contributed by atoms with E-state index in [2.05, 4.69) is 5.32 Å². The molecule has 22 heavy (non-hydrogen) atoms.